The average Bonchev–Trinajstić information content (AvgIpc) is 2.60. The Bertz CT molecular complexity index is 810. The molecule has 0 heterocycles. The first-order valence-corrected chi connectivity index (χ1v) is 9.09. The van der Waals surface area contributed by atoms with Gasteiger partial charge in [-0.15, -0.1) is 6.58 Å². The van der Waals surface area contributed by atoms with E-state index in [2.05, 4.69) is 50.9 Å². The molecule has 0 amide bonds. The van der Waals surface area contributed by atoms with Crippen LogP contribution in [0.2, 0.25) is 0 Å². The van der Waals surface area contributed by atoms with Crippen LogP contribution in [0.3, 0.4) is 0 Å². The summed E-state index contributed by atoms with van der Waals surface area (Å²) in [5.41, 5.74) is 3.47. The first-order valence-electron chi connectivity index (χ1n) is 9.09. The van der Waals surface area contributed by atoms with Gasteiger partial charge in [0.1, 0.15) is 11.6 Å². The fourth-order valence-corrected chi connectivity index (χ4v) is 2.68. The van der Waals surface area contributed by atoms with E-state index < -0.39 is 11.6 Å². The van der Waals surface area contributed by atoms with Gasteiger partial charge >= 0.3 is 0 Å². The Labute approximate surface area is 161 Å². The second-order valence-corrected chi connectivity index (χ2v) is 7.27. The summed E-state index contributed by atoms with van der Waals surface area (Å²) in [5.74, 6) is -1.21. The van der Waals surface area contributed by atoms with Crippen LogP contribution in [0.15, 0.2) is 72.8 Å². The zero-order chi connectivity index (χ0) is 19.9. The molecule has 27 heavy (non-hydrogen) atoms. The SMILES string of the molecule is C=C[C@@](C)(/C=C/c1ccc(Nc2cc(F)cc(F)c2)cc1)CCC=C(C)C. The molecule has 2 aromatic carbocycles. The third kappa shape index (κ3) is 6.86. The van der Waals surface area contributed by atoms with Crippen molar-refractivity contribution >= 4 is 17.5 Å². The van der Waals surface area contributed by atoms with Crippen LogP contribution in [-0.2, 0) is 0 Å². The molecule has 0 aromatic heterocycles. The van der Waals surface area contributed by atoms with Gasteiger partial charge in [-0.2, -0.15) is 0 Å². The molecule has 0 bridgehead atoms. The lowest BCUT2D eigenvalue weighted by molar-refractivity contribution is 0.508. The van der Waals surface area contributed by atoms with E-state index in [4.69, 9.17) is 0 Å². The minimum absolute atomic E-state index is 0.0675. The van der Waals surface area contributed by atoms with Crippen molar-refractivity contribution in [3.63, 3.8) is 0 Å². The molecule has 1 N–H and O–H groups in total. The summed E-state index contributed by atoms with van der Waals surface area (Å²) in [4.78, 5) is 0. The summed E-state index contributed by atoms with van der Waals surface area (Å²) in [7, 11) is 0. The van der Waals surface area contributed by atoms with Crippen LogP contribution in [0.1, 0.15) is 39.2 Å². The van der Waals surface area contributed by atoms with Gasteiger partial charge in [-0.3, -0.25) is 0 Å². The van der Waals surface area contributed by atoms with E-state index in [0.29, 0.717) is 5.69 Å². The van der Waals surface area contributed by atoms with Crippen molar-refractivity contribution in [1.29, 1.82) is 0 Å². The van der Waals surface area contributed by atoms with Crippen molar-refractivity contribution in [3.8, 4) is 0 Å². The minimum atomic E-state index is -0.603. The standard InChI is InChI=1S/C24H27F2N/c1-5-24(4,13-6-7-18(2)3)14-12-19-8-10-22(11-9-19)27-23-16-20(25)15-21(26)17-23/h5,7-12,14-17,27H,1,6,13H2,2-4H3/b14-12+/t24-/m1/s1. The molecule has 3 heteroatoms. The molecule has 0 saturated heterocycles. The van der Waals surface area contributed by atoms with Gasteiger partial charge in [0.05, 0.1) is 0 Å². The zero-order valence-corrected chi connectivity index (χ0v) is 16.2. The van der Waals surface area contributed by atoms with Gasteiger partial charge in [0.15, 0.2) is 0 Å². The molecule has 0 aliphatic heterocycles. The van der Waals surface area contributed by atoms with Crippen molar-refractivity contribution in [3.05, 3.63) is 90.0 Å². The topological polar surface area (TPSA) is 12.0 Å². The zero-order valence-electron chi connectivity index (χ0n) is 16.2. The fourth-order valence-electron chi connectivity index (χ4n) is 2.68. The Balaban J connectivity index is 2.04. The predicted molar refractivity (Wildman–Crippen MR) is 112 cm³/mol. The van der Waals surface area contributed by atoms with Crippen LogP contribution >= 0.6 is 0 Å². The fraction of sp³-hybridized carbons (Fsp3) is 0.250. The first-order chi connectivity index (χ1) is 12.8. The van der Waals surface area contributed by atoms with Gasteiger partial charge in [0.25, 0.3) is 0 Å². The molecule has 0 aliphatic carbocycles. The third-order valence-electron chi connectivity index (χ3n) is 4.42. The number of hydrogen-bond donors (Lipinski definition) is 1. The van der Waals surface area contributed by atoms with E-state index in [-0.39, 0.29) is 5.41 Å². The lowest BCUT2D eigenvalue weighted by atomic mass is 9.84. The molecule has 0 aliphatic rings. The molecule has 0 fully saturated rings. The van der Waals surface area contributed by atoms with E-state index in [1.807, 2.05) is 30.3 Å². The van der Waals surface area contributed by atoms with Gasteiger partial charge in [-0.25, -0.2) is 8.78 Å². The number of anilines is 2. The summed E-state index contributed by atoms with van der Waals surface area (Å²) in [6, 6.07) is 11.1. The minimum Gasteiger partial charge on any atom is -0.355 e. The van der Waals surface area contributed by atoms with Gasteiger partial charge in [0.2, 0.25) is 0 Å². The average molecular weight is 367 g/mol. The molecule has 0 spiro atoms. The molecular formula is C24H27F2N. The molecule has 2 aromatic rings. The number of benzene rings is 2. The molecule has 0 saturated carbocycles. The normalized spacial score (nSPS) is 13.2. The number of rotatable bonds is 8. The van der Waals surface area contributed by atoms with E-state index in [1.165, 1.54) is 17.7 Å². The van der Waals surface area contributed by atoms with E-state index in [0.717, 1.165) is 30.2 Å². The second kappa shape index (κ2) is 9.31. The van der Waals surface area contributed by atoms with Crippen LogP contribution in [0.5, 0.6) is 0 Å². The van der Waals surface area contributed by atoms with Crippen molar-refractivity contribution in [2.45, 2.75) is 33.6 Å². The van der Waals surface area contributed by atoms with Crippen LogP contribution in [0, 0.1) is 17.0 Å². The van der Waals surface area contributed by atoms with Crippen molar-refractivity contribution < 1.29 is 8.78 Å². The van der Waals surface area contributed by atoms with Crippen molar-refractivity contribution in [2.24, 2.45) is 5.41 Å². The number of halogens is 2. The predicted octanol–water partition coefficient (Wildman–Crippen LogP) is 7.66. The van der Waals surface area contributed by atoms with Gasteiger partial charge in [-0.1, -0.05) is 48.9 Å². The van der Waals surface area contributed by atoms with Crippen LogP contribution in [-0.4, -0.2) is 0 Å². The van der Waals surface area contributed by atoms with E-state index in [1.54, 1.807) is 0 Å². The Hall–Kier alpha value is -2.68. The third-order valence-corrected chi connectivity index (χ3v) is 4.42. The van der Waals surface area contributed by atoms with Crippen molar-refractivity contribution in [2.75, 3.05) is 5.32 Å². The maximum absolute atomic E-state index is 13.3. The highest BCUT2D eigenvalue weighted by Crippen LogP contribution is 2.28. The van der Waals surface area contributed by atoms with Crippen LogP contribution in [0.4, 0.5) is 20.2 Å². The Morgan fingerprint density at radius 3 is 2.22 bits per heavy atom. The van der Waals surface area contributed by atoms with Gasteiger partial charge in [-0.05, 0) is 56.5 Å². The number of nitrogens with one attached hydrogen (secondary N) is 1. The van der Waals surface area contributed by atoms with Gasteiger partial charge < -0.3 is 5.32 Å². The molecular weight excluding hydrogens is 340 g/mol. The largest absolute Gasteiger partial charge is 0.355 e. The van der Waals surface area contributed by atoms with Crippen molar-refractivity contribution in [1.82, 2.24) is 0 Å². The summed E-state index contributed by atoms with van der Waals surface area (Å²) in [5, 5.41) is 3.01. The first kappa shape index (κ1) is 20.6. The highest BCUT2D eigenvalue weighted by Gasteiger charge is 2.15. The summed E-state index contributed by atoms with van der Waals surface area (Å²) >= 11 is 0. The lowest BCUT2D eigenvalue weighted by Crippen LogP contribution is -2.08. The summed E-state index contributed by atoms with van der Waals surface area (Å²) in [6.45, 7) is 10.4. The Morgan fingerprint density at radius 2 is 1.67 bits per heavy atom. The molecule has 2 rings (SSSR count). The van der Waals surface area contributed by atoms with E-state index in [9.17, 15) is 8.78 Å². The number of allylic oxidation sites excluding steroid dienone is 4. The highest BCUT2D eigenvalue weighted by atomic mass is 19.1. The van der Waals surface area contributed by atoms with Crippen LogP contribution < -0.4 is 5.32 Å². The van der Waals surface area contributed by atoms with Gasteiger partial charge in [0, 0.05) is 22.9 Å². The summed E-state index contributed by atoms with van der Waals surface area (Å²) < 4.78 is 26.5. The maximum atomic E-state index is 13.3. The molecule has 0 unspecified atom stereocenters. The highest BCUT2D eigenvalue weighted by molar-refractivity contribution is 5.62. The smallest absolute Gasteiger partial charge is 0.128 e. The van der Waals surface area contributed by atoms with Crippen LogP contribution in [0.25, 0.3) is 6.08 Å². The monoisotopic (exact) mass is 367 g/mol. The number of hydrogen-bond acceptors (Lipinski definition) is 1. The van der Waals surface area contributed by atoms with E-state index >= 15 is 0 Å². The Morgan fingerprint density at radius 1 is 1.04 bits per heavy atom. The maximum Gasteiger partial charge on any atom is 0.128 e. The molecule has 142 valence electrons. The molecule has 0 radical (unpaired) electrons. The Kier molecular flexibility index (Phi) is 7.12. The molecule has 1 nitrogen and oxygen atoms in total. The quantitative estimate of drug-likeness (QED) is 0.472. The molecule has 1 atom stereocenters. The summed E-state index contributed by atoms with van der Waals surface area (Å²) in [6.07, 6.45) is 10.5. The lowest BCUT2D eigenvalue weighted by Gasteiger charge is -2.20. The second-order valence-electron chi connectivity index (χ2n) is 7.27.